The van der Waals surface area contributed by atoms with Crippen LogP contribution < -0.4 is 5.32 Å². The van der Waals surface area contributed by atoms with Gasteiger partial charge in [0.2, 0.25) is 11.8 Å². The minimum absolute atomic E-state index is 0.0142. The molecule has 2 rings (SSSR count). The smallest absolute Gasteiger partial charge is 0.246 e. The molecule has 0 aliphatic carbocycles. The average Bonchev–Trinajstić information content (AvgIpc) is 2.86. The Kier molecular flexibility index (Phi) is 4.45. The fourth-order valence-electron chi connectivity index (χ4n) is 2.87. The molecule has 19 heavy (non-hydrogen) atoms. The number of rotatable bonds is 4. The summed E-state index contributed by atoms with van der Waals surface area (Å²) >= 11 is 0. The van der Waals surface area contributed by atoms with Gasteiger partial charge < -0.3 is 15.0 Å². The van der Waals surface area contributed by atoms with E-state index in [2.05, 4.69) is 5.32 Å². The molecular weight excluding hydrogens is 244 g/mol. The van der Waals surface area contributed by atoms with Gasteiger partial charge in [0.25, 0.3) is 0 Å². The van der Waals surface area contributed by atoms with Gasteiger partial charge in [0.1, 0.15) is 12.1 Å². The molecule has 0 radical (unpaired) electrons. The Morgan fingerprint density at radius 3 is 2.68 bits per heavy atom. The maximum atomic E-state index is 12.5. The molecule has 2 amide bonds. The normalized spacial score (nSPS) is 32.0. The lowest BCUT2D eigenvalue weighted by molar-refractivity contribution is -0.151. The van der Waals surface area contributed by atoms with Crippen LogP contribution in [0.25, 0.3) is 0 Å². The van der Waals surface area contributed by atoms with Crippen molar-refractivity contribution < 1.29 is 14.3 Å². The Bertz CT molecular complexity index is 351. The molecule has 108 valence electrons. The molecule has 3 unspecified atom stereocenters. The molecule has 3 atom stereocenters. The van der Waals surface area contributed by atoms with E-state index >= 15 is 0 Å². The quantitative estimate of drug-likeness (QED) is 0.820. The fourth-order valence-corrected chi connectivity index (χ4v) is 2.87. The molecule has 2 fully saturated rings. The zero-order chi connectivity index (χ0) is 14.0. The first-order valence-corrected chi connectivity index (χ1v) is 7.23. The van der Waals surface area contributed by atoms with Crippen molar-refractivity contribution in [1.29, 1.82) is 0 Å². The number of carbonyl (C=O) groups is 2. The summed E-state index contributed by atoms with van der Waals surface area (Å²) in [5.74, 6) is 0.543. The molecule has 5 nitrogen and oxygen atoms in total. The van der Waals surface area contributed by atoms with Crippen LogP contribution in [0.15, 0.2) is 0 Å². The molecule has 2 heterocycles. The van der Waals surface area contributed by atoms with Crippen molar-refractivity contribution in [3.63, 3.8) is 0 Å². The summed E-state index contributed by atoms with van der Waals surface area (Å²) in [6.45, 7) is 7.99. The second-order valence-corrected chi connectivity index (χ2v) is 5.87. The van der Waals surface area contributed by atoms with Gasteiger partial charge >= 0.3 is 0 Å². The van der Waals surface area contributed by atoms with Gasteiger partial charge in [-0.1, -0.05) is 20.8 Å². The van der Waals surface area contributed by atoms with Gasteiger partial charge in [0.05, 0.1) is 6.61 Å². The van der Waals surface area contributed by atoms with Crippen LogP contribution in [-0.4, -0.2) is 48.6 Å². The van der Waals surface area contributed by atoms with E-state index in [0.717, 1.165) is 13.0 Å². The minimum atomic E-state index is -0.377. The number of nitrogens with one attached hydrogen (secondary N) is 1. The van der Waals surface area contributed by atoms with E-state index < -0.39 is 0 Å². The third-order valence-electron chi connectivity index (χ3n) is 4.06. The highest BCUT2D eigenvalue weighted by atomic mass is 16.5. The zero-order valence-corrected chi connectivity index (χ0v) is 12.0. The van der Waals surface area contributed by atoms with Crippen LogP contribution in [0.4, 0.5) is 0 Å². The van der Waals surface area contributed by atoms with Crippen molar-refractivity contribution in [3.8, 4) is 0 Å². The topological polar surface area (TPSA) is 58.6 Å². The number of nitrogens with zero attached hydrogens (tertiary/aromatic N) is 1. The van der Waals surface area contributed by atoms with E-state index in [1.54, 1.807) is 4.90 Å². The lowest BCUT2D eigenvalue weighted by atomic mass is 9.95. The van der Waals surface area contributed by atoms with E-state index in [1.165, 1.54) is 0 Å². The van der Waals surface area contributed by atoms with Crippen molar-refractivity contribution in [2.75, 3.05) is 19.8 Å². The Morgan fingerprint density at radius 2 is 2.16 bits per heavy atom. The van der Waals surface area contributed by atoms with Crippen molar-refractivity contribution in [2.45, 2.75) is 45.7 Å². The maximum absolute atomic E-state index is 12.5. The highest BCUT2D eigenvalue weighted by Crippen LogP contribution is 2.22. The van der Waals surface area contributed by atoms with E-state index in [4.69, 9.17) is 4.74 Å². The molecule has 2 aliphatic heterocycles. The van der Waals surface area contributed by atoms with Crippen molar-refractivity contribution in [1.82, 2.24) is 10.2 Å². The van der Waals surface area contributed by atoms with Crippen LogP contribution in [0.3, 0.4) is 0 Å². The Morgan fingerprint density at radius 1 is 1.42 bits per heavy atom. The molecule has 0 aromatic heterocycles. The number of carbonyl (C=O) groups excluding carboxylic acids is 2. The summed E-state index contributed by atoms with van der Waals surface area (Å²) in [6.07, 6.45) is 1.64. The fraction of sp³-hybridized carbons (Fsp3) is 0.857. The summed E-state index contributed by atoms with van der Waals surface area (Å²) in [7, 11) is 0. The highest BCUT2D eigenvalue weighted by molar-refractivity contribution is 5.97. The lowest BCUT2D eigenvalue weighted by Gasteiger charge is -2.41. The number of hydrogen-bond donors (Lipinski definition) is 1. The molecule has 0 aromatic carbocycles. The average molecular weight is 268 g/mol. The predicted octanol–water partition coefficient (Wildman–Crippen LogP) is 0.785. The van der Waals surface area contributed by atoms with E-state index in [0.29, 0.717) is 25.5 Å². The third kappa shape index (κ3) is 2.91. The maximum Gasteiger partial charge on any atom is 0.246 e. The molecule has 0 saturated carbocycles. The Labute approximate surface area is 114 Å². The molecule has 0 spiro atoms. The van der Waals surface area contributed by atoms with Gasteiger partial charge in [0, 0.05) is 19.1 Å². The summed E-state index contributed by atoms with van der Waals surface area (Å²) in [6, 6.07) is -0.694. The number of ether oxygens (including phenoxy) is 1. The van der Waals surface area contributed by atoms with Crippen molar-refractivity contribution >= 4 is 11.8 Å². The van der Waals surface area contributed by atoms with Gasteiger partial charge in [-0.2, -0.15) is 0 Å². The Balaban J connectivity index is 2.13. The first-order chi connectivity index (χ1) is 9.04. The van der Waals surface area contributed by atoms with Gasteiger partial charge in [-0.25, -0.2) is 0 Å². The van der Waals surface area contributed by atoms with Gasteiger partial charge in [0.15, 0.2) is 0 Å². The molecule has 2 aliphatic rings. The van der Waals surface area contributed by atoms with E-state index in [1.807, 2.05) is 20.8 Å². The van der Waals surface area contributed by atoms with Crippen molar-refractivity contribution in [3.05, 3.63) is 0 Å². The van der Waals surface area contributed by atoms with Gasteiger partial charge in [-0.15, -0.1) is 0 Å². The second-order valence-electron chi connectivity index (χ2n) is 5.87. The zero-order valence-electron chi connectivity index (χ0n) is 12.0. The van der Waals surface area contributed by atoms with Crippen LogP contribution in [0.2, 0.25) is 0 Å². The van der Waals surface area contributed by atoms with Crippen LogP contribution in [0.5, 0.6) is 0 Å². The van der Waals surface area contributed by atoms with Crippen LogP contribution in [0, 0.1) is 11.8 Å². The summed E-state index contributed by atoms with van der Waals surface area (Å²) in [5.41, 5.74) is 0. The molecule has 5 heteroatoms. The third-order valence-corrected chi connectivity index (χ3v) is 4.06. The molecule has 0 aromatic rings. The number of hydrogen-bond acceptors (Lipinski definition) is 3. The summed E-state index contributed by atoms with van der Waals surface area (Å²) in [4.78, 5) is 26.5. The van der Waals surface area contributed by atoms with Crippen LogP contribution in [0.1, 0.15) is 33.6 Å². The minimum Gasteiger partial charge on any atom is -0.381 e. The monoisotopic (exact) mass is 268 g/mol. The largest absolute Gasteiger partial charge is 0.381 e. The summed E-state index contributed by atoms with van der Waals surface area (Å²) in [5, 5.41) is 2.86. The van der Waals surface area contributed by atoms with E-state index in [-0.39, 0.29) is 29.8 Å². The lowest BCUT2D eigenvalue weighted by Crippen LogP contribution is -2.65. The first kappa shape index (κ1) is 14.3. The second kappa shape index (κ2) is 5.90. The number of amides is 2. The number of piperazine rings is 1. The van der Waals surface area contributed by atoms with Gasteiger partial charge in [-0.3, -0.25) is 9.59 Å². The first-order valence-electron chi connectivity index (χ1n) is 7.23. The van der Waals surface area contributed by atoms with Gasteiger partial charge in [-0.05, 0) is 18.8 Å². The van der Waals surface area contributed by atoms with Crippen LogP contribution >= 0.6 is 0 Å². The molecule has 2 saturated heterocycles. The standard InChI is InChI=1S/C14H24N2O3/c1-4-11-13(17)15-12(9(2)3)14(18)16(11)7-10-5-6-19-8-10/h9-12H,4-8H2,1-3H3,(H,15,17). The Hall–Kier alpha value is -1.10. The molecular formula is C14H24N2O3. The molecule has 0 bridgehead atoms. The van der Waals surface area contributed by atoms with Crippen molar-refractivity contribution in [2.24, 2.45) is 11.8 Å². The predicted molar refractivity (Wildman–Crippen MR) is 71.5 cm³/mol. The van der Waals surface area contributed by atoms with E-state index in [9.17, 15) is 9.59 Å². The van der Waals surface area contributed by atoms with Crippen LogP contribution in [-0.2, 0) is 14.3 Å². The highest BCUT2D eigenvalue weighted by Gasteiger charge is 2.41. The summed E-state index contributed by atoms with van der Waals surface area (Å²) < 4.78 is 5.37. The SMILES string of the molecule is CCC1C(=O)NC(C(C)C)C(=O)N1CC1CCOC1. The molecule has 1 N–H and O–H groups in total.